The Kier molecular flexibility index (Phi) is 4.74. The molecule has 0 unspecified atom stereocenters. The number of benzene rings is 1. The summed E-state index contributed by atoms with van der Waals surface area (Å²) < 4.78 is 0. The molecule has 0 bridgehead atoms. The van der Waals surface area contributed by atoms with E-state index in [1.54, 1.807) is 0 Å². The maximum atomic E-state index is 9.17. The molecule has 0 radical (unpaired) electrons. The largest absolute Gasteiger partial charge is 0.396 e. The minimum absolute atomic E-state index is 0.162. The fourth-order valence-corrected chi connectivity index (χ4v) is 2.46. The van der Waals surface area contributed by atoms with Crippen LogP contribution in [-0.4, -0.2) is 27.7 Å². The molecule has 0 spiro atoms. The molecule has 1 atom stereocenters. The van der Waals surface area contributed by atoms with Crippen LogP contribution in [-0.2, 0) is 0 Å². The van der Waals surface area contributed by atoms with Gasteiger partial charge in [-0.25, -0.2) is 4.98 Å². The first kappa shape index (κ1) is 14.5. The Hall–Kier alpha value is -1.88. The molecule has 20 heavy (non-hydrogen) atoms. The number of aromatic nitrogens is 2. The van der Waals surface area contributed by atoms with Gasteiger partial charge in [0.05, 0.1) is 5.52 Å². The van der Waals surface area contributed by atoms with E-state index in [1.807, 2.05) is 25.1 Å². The first-order valence-electron chi connectivity index (χ1n) is 7.06. The Labute approximate surface area is 119 Å². The zero-order chi connectivity index (χ0) is 14.5. The highest BCUT2D eigenvalue weighted by Crippen LogP contribution is 2.26. The third-order valence-corrected chi connectivity index (χ3v) is 3.40. The molecule has 0 amide bonds. The van der Waals surface area contributed by atoms with E-state index in [0.717, 1.165) is 35.1 Å². The van der Waals surface area contributed by atoms with Crippen molar-refractivity contribution in [3.63, 3.8) is 0 Å². The maximum Gasteiger partial charge on any atom is 0.222 e. The zero-order valence-corrected chi connectivity index (χ0v) is 12.1. The van der Waals surface area contributed by atoms with Gasteiger partial charge in [-0.15, -0.1) is 0 Å². The van der Waals surface area contributed by atoms with Gasteiger partial charge in [0, 0.05) is 18.0 Å². The molecule has 1 aromatic carbocycles. The predicted octanol–water partition coefficient (Wildman–Crippen LogP) is 2.48. The average molecular weight is 274 g/mol. The Balaban J connectivity index is 2.41. The van der Waals surface area contributed by atoms with Crippen molar-refractivity contribution in [2.45, 2.75) is 39.2 Å². The molecule has 0 fully saturated rings. The van der Waals surface area contributed by atoms with Crippen LogP contribution in [0.15, 0.2) is 18.2 Å². The van der Waals surface area contributed by atoms with Gasteiger partial charge in [-0.1, -0.05) is 25.5 Å². The van der Waals surface area contributed by atoms with Crippen LogP contribution in [0.1, 0.15) is 31.7 Å². The number of aliphatic hydroxyl groups is 1. The summed E-state index contributed by atoms with van der Waals surface area (Å²) in [5, 5.41) is 13.6. The minimum Gasteiger partial charge on any atom is -0.396 e. The van der Waals surface area contributed by atoms with Gasteiger partial charge in [-0.05, 0) is 31.4 Å². The second-order valence-electron chi connectivity index (χ2n) is 5.04. The number of anilines is 2. The number of hydrogen-bond donors (Lipinski definition) is 3. The standard InChI is InChI=1S/C15H22N4O/c1-3-5-11(8-9-20)17-14-13-10(2)6-4-7-12(13)18-15(16)19-14/h4,6-7,11,20H,3,5,8-9H2,1-2H3,(H3,16,17,18,19)/t11-/m0/s1. The van der Waals surface area contributed by atoms with Gasteiger partial charge in [-0.3, -0.25) is 0 Å². The molecule has 4 N–H and O–H groups in total. The van der Waals surface area contributed by atoms with Crippen molar-refractivity contribution in [3.8, 4) is 0 Å². The lowest BCUT2D eigenvalue weighted by Crippen LogP contribution is -2.22. The van der Waals surface area contributed by atoms with Gasteiger partial charge in [0.15, 0.2) is 0 Å². The summed E-state index contributed by atoms with van der Waals surface area (Å²) >= 11 is 0. The summed E-state index contributed by atoms with van der Waals surface area (Å²) in [5.74, 6) is 1.03. The van der Waals surface area contributed by atoms with Gasteiger partial charge in [0.2, 0.25) is 5.95 Å². The van der Waals surface area contributed by atoms with Crippen molar-refractivity contribution in [1.82, 2.24) is 9.97 Å². The SMILES string of the molecule is CCC[C@@H](CCO)Nc1nc(N)nc2cccc(C)c12. The molecule has 2 aromatic rings. The van der Waals surface area contributed by atoms with Crippen LogP contribution in [0.4, 0.5) is 11.8 Å². The first-order valence-corrected chi connectivity index (χ1v) is 7.06. The fourth-order valence-electron chi connectivity index (χ4n) is 2.46. The van der Waals surface area contributed by atoms with E-state index < -0.39 is 0 Å². The van der Waals surface area contributed by atoms with Gasteiger partial charge >= 0.3 is 0 Å². The van der Waals surface area contributed by atoms with Gasteiger partial charge in [0.25, 0.3) is 0 Å². The molecular weight excluding hydrogens is 252 g/mol. The summed E-state index contributed by atoms with van der Waals surface area (Å²) in [7, 11) is 0. The quantitative estimate of drug-likeness (QED) is 0.753. The first-order chi connectivity index (χ1) is 9.65. The minimum atomic E-state index is 0.162. The van der Waals surface area contributed by atoms with E-state index in [9.17, 15) is 0 Å². The van der Waals surface area contributed by atoms with Crippen LogP contribution < -0.4 is 11.1 Å². The molecule has 2 rings (SSSR count). The molecule has 108 valence electrons. The summed E-state index contributed by atoms with van der Waals surface area (Å²) in [6, 6.07) is 6.13. The van der Waals surface area contributed by atoms with Gasteiger partial charge in [-0.2, -0.15) is 4.98 Å². The number of nitrogens with zero attached hydrogens (tertiary/aromatic N) is 2. The van der Waals surface area contributed by atoms with E-state index in [0.29, 0.717) is 6.42 Å². The number of aryl methyl sites for hydroxylation is 1. The predicted molar refractivity (Wildman–Crippen MR) is 82.7 cm³/mol. The molecule has 1 aromatic heterocycles. The molecule has 0 saturated heterocycles. The highest BCUT2D eigenvalue weighted by Gasteiger charge is 2.13. The second-order valence-corrected chi connectivity index (χ2v) is 5.04. The number of hydrogen-bond acceptors (Lipinski definition) is 5. The molecule has 5 heteroatoms. The van der Waals surface area contributed by atoms with Crippen LogP contribution >= 0.6 is 0 Å². The zero-order valence-electron chi connectivity index (χ0n) is 12.1. The smallest absolute Gasteiger partial charge is 0.222 e. The number of nitrogen functional groups attached to an aromatic ring is 1. The monoisotopic (exact) mass is 274 g/mol. The Morgan fingerprint density at radius 1 is 1.30 bits per heavy atom. The van der Waals surface area contributed by atoms with E-state index in [1.165, 1.54) is 0 Å². The summed E-state index contributed by atoms with van der Waals surface area (Å²) in [6.07, 6.45) is 2.73. The van der Waals surface area contributed by atoms with Gasteiger partial charge in [0.1, 0.15) is 5.82 Å². The van der Waals surface area contributed by atoms with Crippen LogP contribution in [0, 0.1) is 6.92 Å². The Morgan fingerprint density at radius 2 is 2.10 bits per heavy atom. The topological polar surface area (TPSA) is 84.1 Å². The van der Waals surface area contributed by atoms with Crippen molar-refractivity contribution in [2.75, 3.05) is 17.7 Å². The molecule has 0 aliphatic heterocycles. The normalized spacial score (nSPS) is 12.6. The molecule has 0 aliphatic rings. The highest BCUT2D eigenvalue weighted by molar-refractivity contribution is 5.92. The summed E-state index contributed by atoms with van der Waals surface area (Å²) in [4.78, 5) is 8.61. The lowest BCUT2D eigenvalue weighted by molar-refractivity contribution is 0.276. The number of nitrogens with two attached hydrogens (primary N) is 1. The molecular formula is C15H22N4O. The van der Waals surface area contributed by atoms with Crippen LogP contribution in [0.25, 0.3) is 10.9 Å². The number of aliphatic hydroxyl groups excluding tert-OH is 1. The van der Waals surface area contributed by atoms with E-state index >= 15 is 0 Å². The van der Waals surface area contributed by atoms with Crippen LogP contribution in [0.2, 0.25) is 0 Å². The maximum absolute atomic E-state index is 9.17. The second kappa shape index (κ2) is 6.52. The fraction of sp³-hybridized carbons (Fsp3) is 0.467. The third-order valence-electron chi connectivity index (χ3n) is 3.40. The van der Waals surface area contributed by atoms with Crippen molar-refractivity contribution in [3.05, 3.63) is 23.8 Å². The van der Waals surface area contributed by atoms with Crippen molar-refractivity contribution in [1.29, 1.82) is 0 Å². The molecule has 1 heterocycles. The van der Waals surface area contributed by atoms with Crippen molar-refractivity contribution in [2.24, 2.45) is 0 Å². The van der Waals surface area contributed by atoms with Crippen molar-refractivity contribution >= 4 is 22.7 Å². The lowest BCUT2D eigenvalue weighted by atomic mass is 10.1. The number of rotatable bonds is 6. The number of nitrogens with one attached hydrogen (secondary N) is 1. The molecule has 5 nitrogen and oxygen atoms in total. The average Bonchev–Trinajstić information content (AvgIpc) is 2.38. The van der Waals surface area contributed by atoms with E-state index in [2.05, 4.69) is 22.2 Å². The highest BCUT2D eigenvalue weighted by atomic mass is 16.3. The lowest BCUT2D eigenvalue weighted by Gasteiger charge is -2.19. The van der Waals surface area contributed by atoms with Crippen molar-refractivity contribution < 1.29 is 5.11 Å². The summed E-state index contributed by atoms with van der Waals surface area (Å²) in [5.41, 5.74) is 7.75. The van der Waals surface area contributed by atoms with Crippen LogP contribution in [0.5, 0.6) is 0 Å². The summed E-state index contributed by atoms with van der Waals surface area (Å²) in [6.45, 7) is 4.33. The Bertz CT molecular complexity index is 579. The molecule has 0 aliphatic carbocycles. The third kappa shape index (κ3) is 3.17. The number of fused-ring (bicyclic) bond motifs is 1. The van der Waals surface area contributed by atoms with E-state index in [4.69, 9.17) is 10.8 Å². The molecule has 0 saturated carbocycles. The van der Waals surface area contributed by atoms with E-state index in [-0.39, 0.29) is 18.6 Å². The Morgan fingerprint density at radius 3 is 2.80 bits per heavy atom. The van der Waals surface area contributed by atoms with Crippen LogP contribution in [0.3, 0.4) is 0 Å². The van der Waals surface area contributed by atoms with Gasteiger partial charge < -0.3 is 16.2 Å².